The zero-order valence-corrected chi connectivity index (χ0v) is 26.7. The second-order valence-corrected chi connectivity index (χ2v) is 15.0. The van der Waals surface area contributed by atoms with Crippen LogP contribution in [0.3, 0.4) is 0 Å². The van der Waals surface area contributed by atoms with E-state index in [9.17, 15) is 29.7 Å². The second-order valence-electron chi connectivity index (χ2n) is 15.0. The van der Waals surface area contributed by atoms with Crippen molar-refractivity contribution in [2.45, 2.75) is 135 Å². The monoisotopic (exact) mass is 606 g/mol. The van der Waals surface area contributed by atoms with E-state index in [1.54, 1.807) is 0 Å². The molecule has 0 radical (unpaired) electrons. The molecule has 4 aliphatic carbocycles. The first kappa shape index (κ1) is 34.2. The summed E-state index contributed by atoms with van der Waals surface area (Å²) in [7, 11) is 0. The summed E-state index contributed by atoms with van der Waals surface area (Å²) in [5, 5.41) is 48.0. The highest BCUT2D eigenvalue weighted by molar-refractivity contribution is 5.76. The molecule has 5 unspecified atom stereocenters. The largest absolute Gasteiger partial charge is 0.481 e. The van der Waals surface area contributed by atoms with Gasteiger partial charge >= 0.3 is 5.97 Å². The number of carboxylic acid groups (broad SMARTS) is 1. The third-order valence-corrected chi connectivity index (χ3v) is 12.6. The van der Waals surface area contributed by atoms with Gasteiger partial charge in [0.25, 0.3) is 0 Å². The summed E-state index contributed by atoms with van der Waals surface area (Å²) in [5.41, 5.74) is -0.188. The third-order valence-electron chi connectivity index (χ3n) is 12.6. The van der Waals surface area contributed by atoms with E-state index in [1.807, 2.05) is 0 Å². The van der Waals surface area contributed by atoms with E-state index >= 15 is 0 Å². The van der Waals surface area contributed by atoms with Gasteiger partial charge in [0.1, 0.15) is 0 Å². The number of fused-ring (bicyclic) bond motifs is 5. The first-order chi connectivity index (χ1) is 20.4. The highest BCUT2D eigenvalue weighted by atomic mass is 16.4. The van der Waals surface area contributed by atoms with Crippen LogP contribution in [-0.4, -0.2) is 69.6 Å². The summed E-state index contributed by atoms with van der Waals surface area (Å²) in [5.74, 6) is 0.861. The van der Waals surface area contributed by atoms with Crippen LogP contribution in [0, 0.1) is 46.3 Å². The van der Waals surface area contributed by atoms with Crippen LogP contribution in [0.4, 0.5) is 0 Å². The van der Waals surface area contributed by atoms with Crippen molar-refractivity contribution in [3.05, 3.63) is 0 Å². The molecule has 43 heavy (non-hydrogen) atoms. The van der Waals surface area contributed by atoms with E-state index in [4.69, 9.17) is 5.11 Å². The van der Waals surface area contributed by atoms with Gasteiger partial charge in [0, 0.05) is 32.4 Å². The molecule has 0 bridgehead atoms. The standard InChI is InChI=1S/C34H58N2O7/c1-21(10-13-30(41)36-16-6-4-8-29(40)35-17-7-5-9-31(42)43)24-11-12-25-32-26(20-28(39)34(24,25)3)33(2)15-14-23(37)18-22(33)19-27(32)38/h21-28,32,37-39H,4-20H2,1-3H3,(H,35,40)(H,36,41)(H,42,43)/t21?,22?,23-,24-,25?,26?,27-,28+,32?,33+,34-/m1/s1. The first-order valence-corrected chi connectivity index (χ1v) is 17.2. The molecule has 4 rings (SSSR count). The molecule has 4 saturated carbocycles. The van der Waals surface area contributed by atoms with Crippen molar-refractivity contribution in [2.75, 3.05) is 13.1 Å². The van der Waals surface area contributed by atoms with E-state index < -0.39 is 12.1 Å². The summed E-state index contributed by atoms with van der Waals surface area (Å²) in [6.45, 7) is 7.87. The number of nitrogens with one attached hydrogen (secondary N) is 2. The van der Waals surface area contributed by atoms with E-state index in [-0.39, 0.29) is 59.0 Å². The topological polar surface area (TPSA) is 156 Å². The number of aliphatic hydroxyl groups is 3. The number of hydrogen-bond donors (Lipinski definition) is 6. The maximum absolute atomic E-state index is 12.6. The Bertz CT molecular complexity index is 976. The van der Waals surface area contributed by atoms with Gasteiger partial charge in [-0.05, 0) is 123 Å². The van der Waals surface area contributed by atoms with E-state index in [1.165, 1.54) is 0 Å². The zero-order valence-electron chi connectivity index (χ0n) is 26.7. The van der Waals surface area contributed by atoms with Gasteiger partial charge in [-0.3, -0.25) is 14.4 Å². The number of unbranched alkanes of at least 4 members (excludes halogenated alkanes) is 2. The molecule has 0 heterocycles. The Kier molecular flexibility index (Phi) is 11.6. The number of hydrogen-bond acceptors (Lipinski definition) is 6. The fourth-order valence-electron chi connectivity index (χ4n) is 10.1. The fraction of sp³-hybridized carbons (Fsp3) is 0.912. The van der Waals surface area contributed by atoms with Gasteiger partial charge in [0.05, 0.1) is 18.3 Å². The quantitative estimate of drug-likeness (QED) is 0.163. The van der Waals surface area contributed by atoms with Crippen LogP contribution in [0.25, 0.3) is 0 Å². The van der Waals surface area contributed by atoms with E-state index in [0.717, 1.165) is 57.8 Å². The minimum atomic E-state index is -0.819. The predicted molar refractivity (Wildman–Crippen MR) is 164 cm³/mol. The Morgan fingerprint density at radius 2 is 1.47 bits per heavy atom. The summed E-state index contributed by atoms with van der Waals surface area (Å²) in [6.07, 6.45) is 9.38. The Hall–Kier alpha value is -1.71. The molecule has 9 heteroatoms. The molecule has 246 valence electrons. The molecule has 0 aromatic carbocycles. The maximum atomic E-state index is 12.6. The minimum Gasteiger partial charge on any atom is -0.481 e. The fourth-order valence-corrected chi connectivity index (χ4v) is 10.1. The van der Waals surface area contributed by atoms with Gasteiger partial charge < -0.3 is 31.1 Å². The van der Waals surface area contributed by atoms with Crippen molar-refractivity contribution in [3.63, 3.8) is 0 Å². The predicted octanol–water partition coefficient (Wildman–Crippen LogP) is 4.02. The SMILES string of the molecule is CC(CCC(=O)NCCCCC(=O)NCCCCC(=O)O)[C@H]1CCC2C3C(C[C@H](O)[C@@]21C)[C@@]1(C)CC[C@@H](O)CC1C[C@H]3O. The number of carbonyl (C=O) groups excluding carboxylic acids is 2. The van der Waals surface area contributed by atoms with Crippen molar-refractivity contribution in [1.82, 2.24) is 10.6 Å². The van der Waals surface area contributed by atoms with Crippen molar-refractivity contribution in [1.29, 1.82) is 0 Å². The summed E-state index contributed by atoms with van der Waals surface area (Å²) < 4.78 is 0. The lowest BCUT2D eigenvalue weighted by Crippen LogP contribution is -2.62. The van der Waals surface area contributed by atoms with Gasteiger partial charge in [0.15, 0.2) is 0 Å². The van der Waals surface area contributed by atoms with Crippen LogP contribution in [-0.2, 0) is 14.4 Å². The van der Waals surface area contributed by atoms with Gasteiger partial charge in [0.2, 0.25) is 11.8 Å². The molecule has 9 nitrogen and oxygen atoms in total. The van der Waals surface area contributed by atoms with Crippen molar-refractivity contribution in [2.24, 2.45) is 46.3 Å². The van der Waals surface area contributed by atoms with E-state index in [2.05, 4.69) is 31.4 Å². The normalized spacial score (nSPS) is 39.2. The Labute approximate surface area is 258 Å². The molecule has 0 aromatic heterocycles. The van der Waals surface area contributed by atoms with Crippen LogP contribution >= 0.6 is 0 Å². The highest BCUT2D eigenvalue weighted by Crippen LogP contribution is 2.68. The average Bonchev–Trinajstić information content (AvgIpc) is 3.31. The number of aliphatic hydroxyl groups excluding tert-OH is 3. The Balaban J connectivity index is 1.19. The molecule has 0 aromatic rings. The second kappa shape index (κ2) is 14.6. The van der Waals surface area contributed by atoms with Gasteiger partial charge in [-0.15, -0.1) is 0 Å². The number of amides is 2. The number of aliphatic carboxylic acids is 1. The van der Waals surface area contributed by atoms with Gasteiger partial charge in [-0.2, -0.15) is 0 Å². The summed E-state index contributed by atoms with van der Waals surface area (Å²) in [4.78, 5) is 35.1. The molecule has 6 N–H and O–H groups in total. The van der Waals surface area contributed by atoms with Gasteiger partial charge in [-0.1, -0.05) is 20.8 Å². The number of rotatable bonds is 14. The molecule has 11 atom stereocenters. The molecule has 4 aliphatic rings. The van der Waals surface area contributed by atoms with E-state index in [0.29, 0.717) is 62.9 Å². The lowest BCUT2D eigenvalue weighted by atomic mass is 9.43. The Morgan fingerprint density at radius 3 is 2.14 bits per heavy atom. The third kappa shape index (κ3) is 7.58. The van der Waals surface area contributed by atoms with Crippen molar-refractivity contribution < 1.29 is 34.8 Å². The molecule has 2 amide bonds. The molecular formula is C34H58N2O7. The van der Waals surface area contributed by atoms with Crippen molar-refractivity contribution >= 4 is 17.8 Å². The molecule has 0 saturated heterocycles. The van der Waals surface area contributed by atoms with Gasteiger partial charge in [-0.25, -0.2) is 0 Å². The van der Waals surface area contributed by atoms with Crippen LogP contribution < -0.4 is 10.6 Å². The van der Waals surface area contributed by atoms with Crippen molar-refractivity contribution in [3.8, 4) is 0 Å². The molecule has 0 aliphatic heterocycles. The molecule has 4 fully saturated rings. The average molecular weight is 607 g/mol. The lowest BCUT2D eigenvalue weighted by molar-refractivity contribution is -0.207. The van der Waals surface area contributed by atoms with Crippen LogP contribution in [0.15, 0.2) is 0 Å². The Morgan fingerprint density at radius 1 is 0.814 bits per heavy atom. The highest BCUT2D eigenvalue weighted by Gasteiger charge is 2.65. The lowest BCUT2D eigenvalue weighted by Gasteiger charge is -2.63. The molecule has 0 spiro atoms. The minimum absolute atomic E-state index is 0.0276. The smallest absolute Gasteiger partial charge is 0.303 e. The maximum Gasteiger partial charge on any atom is 0.303 e. The molecular weight excluding hydrogens is 548 g/mol. The number of carboxylic acids is 1. The van der Waals surface area contributed by atoms with Crippen LogP contribution in [0.2, 0.25) is 0 Å². The van der Waals surface area contributed by atoms with Crippen LogP contribution in [0.1, 0.15) is 117 Å². The summed E-state index contributed by atoms with van der Waals surface area (Å²) >= 11 is 0. The zero-order chi connectivity index (χ0) is 31.4. The summed E-state index contributed by atoms with van der Waals surface area (Å²) in [6, 6.07) is 0. The van der Waals surface area contributed by atoms with Crippen LogP contribution in [0.5, 0.6) is 0 Å². The first-order valence-electron chi connectivity index (χ1n) is 17.2. The number of carbonyl (C=O) groups is 3.